The van der Waals surface area contributed by atoms with Crippen LogP contribution < -0.4 is 16.8 Å². The Morgan fingerprint density at radius 1 is 1.50 bits per heavy atom. The molecule has 0 fully saturated rings. The van der Waals surface area contributed by atoms with E-state index in [1.165, 1.54) is 0 Å². The first-order valence-electron chi connectivity index (χ1n) is 3.91. The highest BCUT2D eigenvalue weighted by Crippen LogP contribution is 1.95. The fourth-order valence-electron chi connectivity index (χ4n) is 0.785. The Morgan fingerprint density at radius 3 is 2.67 bits per heavy atom. The summed E-state index contributed by atoms with van der Waals surface area (Å²) in [5.74, 6) is 0. The van der Waals surface area contributed by atoms with E-state index in [0.29, 0.717) is 13.0 Å². The number of carbonyl (C=O) groups excluding carboxylic acids is 2. The number of urea groups is 1. The molecule has 0 aromatic rings. The van der Waals surface area contributed by atoms with Crippen LogP contribution in [0.25, 0.3) is 0 Å². The van der Waals surface area contributed by atoms with Crippen molar-refractivity contribution in [3.05, 3.63) is 0 Å². The number of rotatable bonds is 6. The predicted octanol–water partition coefficient (Wildman–Crippen LogP) is -0.649. The molecule has 0 rings (SSSR count). The SMILES string of the molecule is NC(=O)NCCCC[C@H](N)C=O. The number of primary amides is 1. The maximum absolute atomic E-state index is 10.2. The van der Waals surface area contributed by atoms with E-state index in [1.807, 2.05) is 0 Å². The van der Waals surface area contributed by atoms with E-state index in [2.05, 4.69) is 5.32 Å². The molecule has 5 heteroatoms. The Hall–Kier alpha value is -1.10. The predicted molar refractivity (Wildman–Crippen MR) is 45.5 cm³/mol. The normalized spacial score (nSPS) is 12.1. The van der Waals surface area contributed by atoms with E-state index in [1.54, 1.807) is 0 Å². The van der Waals surface area contributed by atoms with Crippen molar-refractivity contribution in [1.82, 2.24) is 5.32 Å². The van der Waals surface area contributed by atoms with Gasteiger partial charge in [0.05, 0.1) is 6.04 Å². The molecule has 0 aromatic carbocycles. The largest absolute Gasteiger partial charge is 0.352 e. The highest BCUT2D eigenvalue weighted by atomic mass is 16.2. The van der Waals surface area contributed by atoms with Gasteiger partial charge in [-0.15, -0.1) is 0 Å². The van der Waals surface area contributed by atoms with Gasteiger partial charge in [0.25, 0.3) is 0 Å². The van der Waals surface area contributed by atoms with Gasteiger partial charge in [-0.25, -0.2) is 4.79 Å². The fourth-order valence-corrected chi connectivity index (χ4v) is 0.785. The number of nitrogens with one attached hydrogen (secondary N) is 1. The van der Waals surface area contributed by atoms with Crippen molar-refractivity contribution >= 4 is 12.3 Å². The summed E-state index contributed by atoms with van der Waals surface area (Å²) in [5, 5.41) is 2.45. The first-order valence-corrected chi connectivity index (χ1v) is 3.91. The third-order valence-electron chi connectivity index (χ3n) is 1.44. The number of aldehydes is 1. The molecule has 0 heterocycles. The molecule has 0 aliphatic carbocycles. The standard InChI is InChI=1S/C7H15N3O2/c8-6(5-11)3-1-2-4-10-7(9)12/h5-6H,1-4,8H2,(H3,9,10,12)/t6-/m0/s1. The summed E-state index contributed by atoms with van der Waals surface area (Å²) in [6, 6.07) is -0.895. The molecule has 0 spiro atoms. The molecule has 2 amide bonds. The van der Waals surface area contributed by atoms with Crippen molar-refractivity contribution in [2.75, 3.05) is 6.54 Å². The quantitative estimate of drug-likeness (QED) is 0.367. The van der Waals surface area contributed by atoms with E-state index in [0.717, 1.165) is 19.1 Å². The summed E-state index contributed by atoms with van der Waals surface area (Å²) < 4.78 is 0. The smallest absolute Gasteiger partial charge is 0.312 e. The number of unbranched alkanes of at least 4 members (excludes halogenated alkanes) is 1. The lowest BCUT2D eigenvalue weighted by Crippen LogP contribution is -2.30. The van der Waals surface area contributed by atoms with Crippen LogP contribution in [-0.4, -0.2) is 24.9 Å². The van der Waals surface area contributed by atoms with Gasteiger partial charge in [0.15, 0.2) is 0 Å². The Bertz CT molecular complexity index is 150. The third kappa shape index (κ3) is 7.01. The summed E-state index contributed by atoms with van der Waals surface area (Å²) in [6.07, 6.45) is 3.00. The van der Waals surface area contributed by atoms with Gasteiger partial charge in [-0.2, -0.15) is 0 Å². The van der Waals surface area contributed by atoms with Gasteiger partial charge in [-0.05, 0) is 19.3 Å². The fraction of sp³-hybridized carbons (Fsp3) is 0.714. The van der Waals surface area contributed by atoms with E-state index in [-0.39, 0.29) is 6.04 Å². The molecule has 0 aromatic heterocycles. The molecule has 5 nitrogen and oxygen atoms in total. The molecular weight excluding hydrogens is 158 g/mol. The summed E-state index contributed by atoms with van der Waals surface area (Å²) in [5.41, 5.74) is 10.2. The maximum atomic E-state index is 10.2. The summed E-state index contributed by atoms with van der Waals surface area (Å²) in [4.78, 5) is 20.2. The molecule has 1 atom stereocenters. The zero-order valence-electron chi connectivity index (χ0n) is 6.95. The minimum atomic E-state index is -0.519. The zero-order valence-corrected chi connectivity index (χ0v) is 6.95. The molecule has 12 heavy (non-hydrogen) atoms. The maximum Gasteiger partial charge on any atom is 0.312 e. The monoisotopic (exact) mass is 173 g/mol. The van der Waals surface area contributed by atoms with E-state index < -0.39 is 6.03 Å². The van der Waals surface area contributed by atoms with Crippen LogP contribution in [0, 0.1) is 0 Å². The second kappa shape index (κ2) is 6.60. The number of hydrogen-bond donors (Lipinski definition) is 3. The lowest BCUT2D eigenvalue weighted by molar-refractivity contribution is -0.109. The van der Waals surface area contributed by atoms with Gasteiger partial charge in [0.2, 0.25) is 0 Å². The minimum absolute atomic E-state index is 0.376. The van der Waals surface area contributed by atoms with Crippen LogP contribution in [0.3, 0.4) is 0 Å². The first-order chi connectivity index (χ1) is 5.66. The topological polar surface area (TPSA) is 98.2 Å². The summed E-state index contributed by atoms with van der Waals surface area (Å²) in [7, 11) is 0. The first kappa shape index (κ1) is 10.9. The van der Waals surface area contributed by atoms with E-state index in [4.69, 9.17) is 11.5 Å². The van der Waals surface area contributed by atoms with Crippen LogP contribution in [0.5, 0.6) is 0 Å². The van der Waals surface area contributed by atoms with Crippen LogP contribution in [-0.2, 0) is 4.79 Å². The van der Waals surface area contributed by atoms with Gasteiger partial charge in [0.1, 0.15) is 6.29 Å². The number of nitrogens with two attached hydrogens (primary N) is 2. The third-order valence-corrected chi connectivity index (χ3v) is 1.44. The minimum Gasteiger partial charge on any atom is -0.352 e. The molecular formula is C7H15N3O2. The van der Waals surface area contributed by atoms with Crippen molar-refractivity contribution < 1.29 is 9.59 Å². The molecule has 5 N–H and O–H groups in total. The molecule has 70 valence electrons. The van der Waals surface area contributed by atoms with Crippen LogP contribution in [0.4, 0.5) is 4.79 Å². The van der Waals surface area contributed by atoms with Crippen molar-refractivity contribution in [3.63, 3.8) is 0 Å². The lowest BCUT2D eigenvalue weighted by Gasteiger charge is -2.03. The molecule has 0 unspecified atom stereocenters. The van der Waals surface area contributed by atoms with Gasteiger partial charge in [0, 0.05) is 6.54 Å². The van der Waals surface area contributed by atoms with Gasteiger partial charge in [-0.3, -0.25) is 0 Å². The van der Waals surface area contributed by atoms with Crippen LogP contribution in [0.2, 0.25) is 0 Å². The Morgan fingerprint density at radius 2 is 2.17 bits per heavy atom. The molecule has 0 aliphatic rings. The molecule has 0 bridgehead atoms. The second-order valence-corrected chi connectivity index (χ2v) is 2.59. The van der Waals surface area contributed by atoms with Crippen molar-refractivity contribution in [2.24, 2.45) is 11.5 Å². The van der Waals surface area contributed by atoms with Crippen LogP contribution >= 0.6 is 0 Å². The van der Waals surface area contributed by atoms with E-state index >= 15 is 0 Å². The average Bonchev–Trinajstić information content (AvgIpc) is 2.03. The van der Waals surface area contributed by atoms with Gasteiger partial charge >= 0.3 is 6.03 Å². The number of hydrogen-bond acceptors (Lipinski definition) is 3. The number of carbonyl (C=O) groups is 2. The Kier molecular flexibility index (Phi) is 6.00. The van der Waals surface area contributed by atoms with Gasteiger partial charge in [-0.1, -0.05) is 0 Å². The summed E-state index contributed by atoms with van der Waals surface area (Å²) in [6.45, 7) is 0.543. The van der Waals surface area contributed by atoms with Crippen molar-refractivity contribution in [2.45, 2.75) is 25.3 Å². The Labute approximate surface area is 71.5 Å². The second-order valence-electron chi connectivity index (χ2n) is 2.59. The highest BCUT2D eigenvalue weighted by Gasteiger charge is 1.98. The zero-order chi connectivity index (χ0) is 9.40. The van der Waals surface area contributed by atoms with E-state index in [9.17, 15) is 9.59 Å². The molecule has 0 aliphatic heterocycles. The number of amides is 2. The lowest BCUT2D eigenvalue weighted by atomic mass is 10.1. The van der Waals surface area contributed by atoms with Crippen LogP contribution in [0.1, 0.15) is 19.3 Å². The van der Waals surface area contributed by atoms with Gasteiger partial charge < -0.3 is 21.6 Å². The van der Waals surface area contributed by atoms with Crippen molar-refractivity contribution in [1.29, 1.82) is 0 Å². The van der Waals surface area contributed by atoms with Crippen molar-refractivity contribution in [3.8, 4) is 0 Å². The Balaban J connectivity index is 3.10. The highest BCUT2D eigenvalue weighted by molar-refractivity contribution is 5.71. The molecule has 0 saturated heterocycles. The average molecular weight is 173 g/mol. The van der Waals surface area contributed by atoms with Crippen LogP contribution in [0.15, 0.2) is 0 Å². The molecule has 0 saturated carbocycles. The molecule has 0 radical (unpaired) electrons. The summed E-state index contributed by atoms with van der Waals surface area (Å²) >= 11 is 0.